The molecule has 1 heteroatoms. The van der Waals surface area contributed by atoms with Crippen molar-refractivity contribution < 1.29 is 0 Å². The standard InChI is InChI=1S/2C3H6.C2H3Cl.CH4/c2*1-3-2;1-2-3;/h2*3H,1H2,2H3;2H,1H2;1H4. The van der Waals surface area contributed by atoms with Gasteiger partial charge >= 0.3 is 0 Å². The van der Waals surface area contributed by atoms with Crippen LogP contribution in [0.5, 0.6) is 0 Å². The molecule has 10 heavy (non-hydrogen) atoms. The minimum Gasteiger partial charge on any atom is -0.103 e. The number of hydrogen-bond donors (Lipinski definition) is 0. The van der Waals surface area contributed by atoms with E-state index in [4.69, 9.17) is 11.6 Å². The molecule has 0 aliphatic heterocycles. The second-order valence-electron chi connectivity index (χ2n) is 0.971. The van der Waals surface area contributed by atoms with Crippen LogP contribution in [0.15, 0.2) is 37.4 Å². The highest BCUT2D eigenvalue weighted by Crippen LogP contribution is 1.60. The van der Waals surface area contributed by atoms with E-state index in [0.717, 1.165) is 0 Å². The minimum atomic E-state index is 0. The lowest BCUT2D eigenvalue weighted by molar-refractivity contribution is 1.80. The highest BCUT2D eigenvalue weighted by molar-refractivity contribution is 6.25. The molecule has 0 fully saturated rings. The lowest BCUT2D eigenvalue weighted by atomic mass is 10.8. The Kier molecular flexibility index (Phi) is 173. The molecule has 0 rings (SSSR count). The molecule has 0 spiro atoms. The van der Waals surface area contributed by atoms with Gasteiger partial charge in [0, 0.05) is 0 Å². The normalized spacial score (nSPS) is 3.90. The van der Waals surface area contributed by atoms with Crippen LogP contribution < -0.4 is 0 Å². The third-order valence-corrected chi connectivity index (χ3v) is 0. The van der Waals surface area contributed by atoms with Crippen LogP contribution in [0.2, 0.25) is 0 Å². The number of hydrogen-bond acceptors (Lipinski definition) is 0. The molecule has 0 saturated carbocycles. The van der Waals surface area contributed by atoms with Crippen LogP contribution in [-0.2, 0) is 0 Å². The summed E-state index contributed by atoms with van der Waals surface area (Å²) in [5.74, 6) is 0. The summed E-state index contributed by atoms with van der Waals surface area (Å²) in [6.45, 7) is 13.6. The zero-order valence-electron chi connectivity index (χ0n) is 6.23. The van der Waals surface area contributed by atoms with Crippen LogP contribution in [0, 0.1) is 0 Å². The van der Waals surface area contributed by atoms with Gasteiger partial charge in [0.25, 0.3) is 0 Å². The molecule has 0 unspecified atom stereocenters. The van der Waals surface area contributed by atoms with E-state index in [1.54, 1.807) is 12.2 Å². The Bertz CT molecular complexity index is 41.5. The maximum Gasteiger partial charge on any atom is -0.00296 e. The fourth-order valence-electron chi connectivity index (χ4n) is 0. The molecule has 0 saturated heterocycles. The third kappa shape index (κ3) is 1330. The lowest BCUT2D eigenvalue weighted by Gasteiger charge is -1.31. The van der Waals surface area contributed by atoms with Gasteiger partial charge in [-0.2, -0.15) is 0 Å². The molecule has 0 amide bonds. The molecule has 0 aromatic carbocycles. The fraction of sp³-hybridized carbons (Fsp3) is 0.333. The summed E-state index contributed by atoms with van der Waals surface area (Å²) in [6.07, 6.45) is 3.50. The maximum absolute atomic E-state index is 4.76. The van der Waals surface area contributed by atoms with Crippen molar-refractivity contribution in [2.75, 3.05) is 0 Å². The SMILES string of the molecule is C.C=CC.C=CC.C=CCl. The second kappa shape index (κ2) is 76.2. The number of rotatable bonds is 0. The van der Waals surface area contributed by atoms with Gasteiger partial charge in [0.15, 0.2) is 0 Å². The van der Waals surface area contributed by atoms with E-state index >= 15 is 0 Å². The molecule has 0 aromatic heterocycles. The van der Waals surface area contributed by atoms with Gasteiger partial charge in [0.05, 0.1) is 0 Å². The van der Waals surface area contributed by atoms with Crippen molar-refractivity contribution in [3.05, 3.63) is 37.4 Å². The Balaban J connectivity index is -0.0000000257. The van der Waals surface area contributed by atoms with E-state index in [2.05, 4.69) is 19.7 Å². The fourth-order valence-corrected chi connectivity index (χ4v) is 0. The van der Waals surface area contributed by atoms with Crippen molar-refractivity contribution in [2.24, 2.45) is 0 Å². The van der Waals surface area contributed by atoms with Gasteiger partial charge in [-0.15, -0.1) is 13.2 Å². The van der Waals surface area contributed by atoms with Crippen LogP contribution in [0.3, 0.4) is 0 Å². The molecule has 0 atom stereocenters. The van der Waals surface area contributed by atoms with Gasteiger partial charge in [0.1, 0.15) is 0 Å². The third-order valence-electron chi connectivity index (χ3n) is 0. The molecule has 0 aromatic rings. The summed E-state index contributed by atoms with van der Waals surface area (Å²) in [7, 11) is 0. The quantitative estimate of drug-likeness (QED) is 0.464. The van der Waals surface area contributed by atoms with Crippen LogP contribution in [-0.4, -0.2) is 0 Å². The van der Waals surface area contributed by atoms with E-state index < -0.39 is 0 Å². The smallest absolute Gasteiger partial charge is 0.00296 e. The van der Waals surface area contributed by atoms with E-state index in [1.807, 2.05) is 13.8 Å². The van der Waals surface area contributed by atoms with Crippen molar-refractivity contribution in [1.29, 1.82) is 0 Å². The van der Waals surface area contributed by atoms with E-state index in [1.165, 1.54) is 5.54 Å². The predicted octanol–water partition coefficient (Wildman–Crippen LogP) is 4.39. The summed E-state index contributed by atoms with van der Waals surface area (Å²) in [5, 5.41) is 0. The summed E-state index contributed by atoms with van der Waals surface area (Å²) in [4.78, 5) is 0. The van der Waals surface area contributed by atoms with E-state index in [0.29, 0.717) is 0 Å². The van der Waals surface area contributed by atoms with Crippen molar-refractivity contribution in [1.82, 2.24) is 0 Å². The van der Waals surface area contributed by atoms with Gasteiger partial charge in [-0.1, -0.05) is 37.8 Å². The first-order valence-corrected chi connectivity index (χ1v) is 3.03. The van der Waals surface area contributed by atoms with Crippen LogP contribution in [0.25, 0.3) is 0 Å². The molecule has 0 nitrogen and oxygen atoms in total. The molecule has 0 bridgehead atoms. The summed E-state index contributed by atoms with van der Waals surface area (Å²) in [6, 6.07) is 0. The molecular formula is C9H19Cl. The van der Waals surface area contributed by atoms with Crippen LogP contribution in [0.1, 0.15) is 21.3 Å². The molecule has 0 N–H and O–H groups in total. The zero-order chi connectivity index (χ0) is 8.12. The predicted molar refractivity (Wildman–Crippen MR) is 54.5 cm³/mol. The largest absolute Gasteiger partial charge is 0.103 e. The van der Waals surface area contributed by atoms with Gasteiger partial charge in [-0.25, -0.2) is 0 Å². The Hall–Kier alpha value is -0.490. The van der Waals surface area contributed by atoms with E-state index in [-0.39, 0.29) is 7.43 Å². The Morgan fingerprint density at radius 3 is 1.00 bits per heavy atom. The topological polar surface area (TPSA) is 0 Å². The number of allylic oxidation sites excluding steroid dienone is 2. The van der Waals surface area contributed by atoms with Gasteiger partial charge in [-0.3, -0.25) is 0 Å². The molecule has 62 valence electrons. The van der Waals surface area contributed by atoms with Crippen molar-refractivity contribution in [3.8, 4) is 0 Å². The summed E-state index contributed by atoms with van der Waals surface area (Å²) < 4.78 is 0. The average Bonchev–Trinajstić information content (AvgIpc) is 1.70. The molecular weight excluding hydrogens is 144 g/mol. The van der Waals surface area contributed by atoms with Crippen molar-refractivity contribution in [3.63, 3.8) is 0 Å². The Morgan fingerprint density at radius 1 is 1.00 bits per heavy atom. The zero-order valence-corrected chi connectivity index (χ0v) is 6.99. The minimum absolute atomic E-state index is 0. The monoisotopic (exact) mass is 162 g/mol. The first-order valence-electron chi connectivity index (χ1n) is 2.60. The summed E-state index contributed by atoms with van der Waals surface area (Å²) in [5.41, 5.74) is 1.22. The second-order valence-corrected chi connectivity index (χ2v) is 1.28. The molecule has 0 aliphatic carbocycles. The molecule has 0 heterocycles. The lowest BCUT2D eigenvalue weighted by Crippen LogP contribution is -1.07. The maximum atomic E-state index is 4.76. The van der Waals surface area contributed by atoms with Crippen molar-refractivity contribution >= 4 is 11.6 Å². The Morgan fingerprint density at radius 2 is 1.00 bits per heavy atom. The summed E-state index contributed by atoms with van der Waals surface area (Å²) >= 11 is 4.76. The van der Waals surface area contributed by atoms with Gasteiger partial charge < -0.3 is 0 Å². The average molecular weight is 163 g/mol. The van der Waals surface area contributed by atoms with Crippen LogP contribution in [0.4, 0.5) is 0 Å². The Labute approximate surface area is 70.9 Å². The highest BCUT2D eigenvalue weighted by atomic mass is 35.5. The highest BCUT2D eigenvalue weighted by Gasteiger charge is 1.18. The molecule has 0 radical (unpaired) electrons. The number of halogens is 1. The first kappa shape index (κ1) is 22.7. The van der Waals surface area contributed by atoms with Crippen molar-refractivity contribution in [2.45, 2.75) is 21.3 Å². The van der Waals surface area contributed by atoms with Gasteiger partial charge in [-0.05, 0) is 19.4 Å². The first-order chi connectivity index (χ1) is 4.24. The molecule has 0 aliphatic rings. The van der Waals surface area contributed by atoms with E-state index in [9.17, 15) is 0 Å². The van der Waals surface area contributed by atoms with Gasteiger partial charge in [0.2, 0.25) is 0 Å². The van der Waals surface area contributed by atoms with Crippen LogP contribution >= 0.6 is 11.6 Å².